The van der Waals surface area contributed by atoms with E-state index in [9.17, 15) is 14.3 Å². The van der Waals surface area contributed by atoms with Crippen molar-refractivity contribution in [2.75, 3.05) is 32.7 Å². The molecule has 3 atom stereocenters. The average Bonchev–Trinajstić information content (AvgIpc) is 3.29. The van der Waals surface area contributed by atoms with Gasteiger partial charge >= 0.3 is 5.97 Å². The Bertz CT molecular complexity index is 1000. The first-order valence-electron chi connectivity index (χ1n) is 14.3. The fraction of sp³-hybridized carbons (Fsp3) is 0.594. The maximum absolute atomic E-state index is 13.5. The van der Waals surface area contributed by atoms with Crippen molar-refractivity contribution in [3.8, 4) is 0 Å². The zero-order valence-corrected chi connectivity index (χ0v) is 22.9. The van der Waals surface area contributed by atoms with E-state index in [1.807, 2.05) is 19.1 Å². The molecule has 0 bridgehead atoms. The number of carbonyl (C=O) groups is 1. The van der Waals surface area contributed by atoms with Crippen molar-refractivity contribution in [1.82, 2.24) is 9.80 Å². The lowest BCUT2D eigenvalue weighted by molar-refractivity contribution is -0.143. The number of nitrogens with zero attached hydrogens (tertiary/aromatic N) is 2. The number of aryl methyl sites for hydroxylation is 2. The summed E-state index contributed by atoms with van der Waals surface area (Å²) in [5.41, 5.74) is 3.32. The number of likely N-dealkylation sites (tertiary alicyclic amines) is 2. The van der Waals surface area contributed by atoms with Crippen LogP contribution in [-0.2, 0) is 11.2 Å². The van der Waals surface area contributed by atoms with Crippen LogP contribution in [0.5, 0.6) is 0 Å². The van der Waals surface area contributed by atoms with Gasteiger partial charge in [-0.3, -0.25) is 9.69 Å². The number of halogens is 1. The van der Waals surface area contributed by atoms with Crippen molar-refractivity contribution in [3.63, 3.8) is 0 Å². The molecule has 0 saturated carbocycles. The van der Waals surface area contributed by atoms with E-state index < -0.39 is 12.0 Å². The smallest absolute Gasteiger partial charge is 0.320 e. The van der Waals surface area contributed by atoms with E-state index in [2.05, 4.69) is 54.0 Å². The third-order valence-corrected chi connectivity index (χ3v) is 8.62. The van der Waals surface area contributed by atoms with Crippen LogP contribution in [0.4, 0.5) is 4.39 Å². The summed E-state index contributed by atoms with van der Waals surface area (Å²) >= 11 is 0. The van der Waals surface area contributed by atoms with Gasteiger partial charge in [0.15, 0.2) is 0 Å². The van der Waals surface area contributed by atoms with Crippen LogP contribution in [0.1, 0.15) is 68.6 Å². The van der Waals surface area contributed by atoms with Crippen LogP contribution < -0.4 is 0 Å². The summed E-state index contributed by atoms with van der Waals surface area (Å²) in [5.74, 6) is 1.17. The summed E-state index contributed by atoms with van der Waals surface area (Å²) in [6.45, 7) is 11.1. The van der Waals surface area contributed by atoms with Crippen molar-refractivity contribution >= 4 is 5.97 Å². The summed E-state index contributed by atoms with van der Waals surface area (Å²) in [5, 5.41) is 9.98. The molecule has 3 unspecified atom stereocenters. The third-order valence-electron chi connectivity index (χ3n) is 8.62. The van der Waals surface area contributed by atoms with Gasteiger partial charge in [0.05, 0.1) is 0 Å². The highest BCUT2D eigenvalue weighted by Crippen LogP contribution is 2.36. The maximum Gasteiger partial charge on any atom is 0.320 e. The molecule has 0 aromatic heterocycles. The fourth-order valence-corrected chi connectivity index (χ4v) is 6.52. The van der Waals surface area contributed by atoms with Gasteiger partial charge in [-0.1, -0.05) is 62.7 Å². The van der Waals surface area contributed by atoms with Gasteiger partial charge in [0.1, 0.15) is 11.9 Å². The summed E-state index contributed by atoms with van der Waals surface area (Å²) in [4.78, 5) is 17.0. The Hall–Kier alpha value is -2.24. The predicted molar refractivity (Wildman–Crippen MR) is 148 cm³/mol. The van der Waals surface area contributed by atoms with Gasteiger partial charge < -0.3 is 10.0 Å². The normalized spacial score (nSPS) is 22.5. The highest BCUT2D eigenvalue weighted by atomic mass is 19.1. The molecule has 0 aliphatic carbocycles. The molecular weight excluding hydrogens is 463 g/mol. The molecule has 37 heavy (non-hydrogen) atoms. The van der Waals surface area contributed by atoms with Crippen molar-refractivity contribution in [2.24, 2.45) is 17.8 Å². The van der Waals surface area contributed by atoms with E-state index in [1.165, 1.54) is 30.4 Å². The van der Waals surface area contributed by atoms with Crippen molar-refractivity contribution in [3.05, 3.63) is 71.0 Å². The van der Waals surface area contributed by atoms with Crippen LogP contribution >= 0.6 is 0 Å². The molecule has 0 amide bonds. The van der Waals surface area contributed by atoms with Crippen LogP contribution in [0.15, 0.2) is 48.5 Å². The number of hydrogen-bond donors (Lipinski definition) is 1. The molecule has 5 heteroatoms. The number of benzene rings is 2. The third kappa shape index (κ3) is 7.64. The minimum Gasteiger partial charge on any atom is -0.480 e. The Morgan fingerprint density at radius 2 is 1.81 bits per heavy atom. The maximum atomic E-state index is 13.5. The summed E-state index contributed by atoms with van der Waals surface area (Å²) < 4.78 is 13.5. The quantitative estimate of drug-likeness (QED) is 0.382. The second-order valence-electron chi connectivity index (χ2n) is 11.9. The van der Waals surface area contributed by atoms with E-state index in [0.717, 1.165) is 57.0 Å². The topological polar surface area (TPSA) is 43.8 Å². The molecule has 0 spiro atoms. The van der Waals surface area contributed by atoms with Crippen molar-refractivity contribution < 1.29 is 14.3 Å². The van der Waals surface area contributed by atoms with Crippen LogP contribution in [0.3, 0.4) is 0 Å². The van der Waals surface area contributed by atoms with Gasteiger partial charge in [0.2, 0.25) is 0 Å². The first kappa shape index (κ1) is 27.8. The molecule has 2 aromatic carbocycles. The monoisotopic (exact) mass is 508 g/mol. The molecule has 2 fully saturated rings. The molecule has 4 nitrogen and oxygen atoms in total. The van der Waals surface area contributed by atoms with Crippen molar-refractivity contribution in [1.29, 1.82) is 0 Å². The number of aliphatic carboxylic acids is 1. The molecular formula is C32H45FN2O2. The molecule has 0 radical (unpaired) electrons. The van der Waals surface area contributed by atoms with Crippen LogP contribution in [0.2, 0.25) is 0 Å². The predicted octanol–water partition coefficient (Wildman–Crippen LogP) is 6.38. The first-order chi connectivity index (χ1) is 17.8. The van der Waals surface area contributed by atoms with Gasteiger partial charge in [-0.25, -0.2) is 4.39 Å². The molecule has 2 aliphatic rings. The fourth-order valence-electron chi connectivity index (χ4n) is 6.52. The zero-order chi connectivity index (χ0) is 26.4. The van der Waals surface area contributed by atoms with Gasteiger partial charge in [-0.15, -0.1) is 0 Å². The standard InChI is InChI=1S/C32H45FN2O2/c1-23(2)18-31(32(36)37)35-21-28(29(22-35)27-10-5-4-6-11-27)20-34-16-14-25(15-17-34)8-7-9-26-12-13-30(33)24(3)19-26/h4-6,10-13,19,23,25,28-29,31H,7-9,14-18,20-22H2,1-3H3,(H,36,37). The molecule has 4 rings (SSSR count). The Kier molecular flexibility index (Phi) is 9.77. The Labute approximate surface area is 222 Å². The Morgan fingerprint density at radius 1 is 1.08 bits per heavy atom. The number of carboxylic acids is 1. The van der Waals surface area contributed by atoms with E-state index in [1.54, 1.807) is 6.07 Å². The molecule has 2 aliphatic heterocycles. The van der Waals surface area contributed by atoms with Crippen LogP contribution in [0.25, 0.3) is 0 Å². The number of carboxylic acid groups (broad SMARTS) is 1. The first-order valence-corrected chi connectivity index (χ1v) is 14.3. The van der Waals surface area contributed by atoms with Gasteiger partial charge in [-0.05, 0) is 92.6 Å². The van der Waals surface area contributed by atoms with Gasteiger partial charge in [-0.2, -0.15) is 0 Å². The molecule has 1 N–H and O–H groups in total. The highest BCUT2D eigenvalue weighted by Gasteiger charge is 2.40. The van der Waals surface area contributed by atoms with E-state index >= 15 is 0 Å². The Balaban J connectivity index is 1.30. The minimum absolute atomic E-state index is 0.116. The lowest BCUT2D eigenvalue weighted by atomic mass is 9.87. The largest absolute Gasteiger partial charge is 0.480 e. The average molecular weight is 509 g/mol. The summed E-state index contributed by atoms with van der Waals surface area (Å²) in [7, 11) is 0. The van der Waals surface area contributed by atoms with Crippen molar-refractivity contribution in [2.45, 2.75) is 71.3 Å². The summed E-state index contributed by atoms with van der Waals surface area (Å²) in [6.07, 6.45) is 6.60. The highest BCUT2D eigenvalue weighted by molar-refractivity contribution is 5.73. The summed E-state index contributed by atoms with van der Waals surface area (Å²) in [6, 6.07) is 15.8. The van der Waals surface area contributed by atoms with Gasteiger partial charge in [0.25, 0.3) is 0 Å². The number of rotatable bonds is 11. The molecule has 2 saturated heterocycles. The van der Waals surface area contributed by atoms with Gasteiger partial charge in [0, 0.05) is 25.6 Å². The SMILES string of the molecule is Cc1cc(CCCC2CCN(CC3CN(C(CC(C)C)C(=O)O)CC3c3ccccc3)CC2)ccc1F. The van der Waals surface area contributed by atoms with E-state index in [4.69, 9.17) is 0 Å². The van der Waals surface area contributed by atoms with Crippen LogP contribution in [-0.4, -0.2) is 59.6 Å². The second-order valence-corrected chi connectivity index (χ2v) is 11.9. The van der Waals surface area contributed by atoms with Crippen LogP contribution in [0, 0.1) is 30.5 Å². The molecule has 2 aromatic rings. The number of hydrogen-bond acceptors (Lipinski definition) is 3. The van der Waals surface area contributed by atoms with E-state index in [0.29, 0.717) is 24.2 Å². The zero-order valence-electron chi connectivity index (χ0n) is 22.9. The Morgan fingerprint density at radius 3 is 2.46 bits per heavy atom. The minimum atomic E-state index is -0.683. The molecule has 202 valence electrons. The molecule has 2 heterocycles. The second kappa shape index (κ2) is 13.0. The van der Waals surface area contributed by atoms with E-state index in [-0.39, 0.29) is 5.82 Å². The number of piperidine rings is 1. The lowest BCUT2D eigenvalue weighted by Gasteiger charge is -2.35. The lowest BCUT2D eigenvalue weighted by Crippen LogP contribution is -2.42.